The summed E-state index contributed by atoms with van der Waals surface area (Å²) >= 11 is 0. The van der Waals surface area contributed by atoms with Crippen LogP contribution in [0.1, 0.15) is 58.6 Å². The third-order valence-corrected chi connectivity index (χ3v) is 9.32. The van der Waals surface area contributed by atoms with E-state index in [-0.39, 0.29) is 19.0 Å². The molecule has 6 aromatic rings. The van der Waals surface area contributed by atoms with Crippen molar-refractivity contribution in [1.29, 1.82) is 0 Å². The second-order valence-corrected chi connectivity index (χ2v) is 12.7. The first kappa shape index (κ1) is 28.6. The van der Waals surface area contributed by atoms with Crippen molar-refractivity contribution in [2.45, 2.75) is 50.9 Å². The van der Waals surface area contributed by atoms with Crippen LogP contribution in [0.5, 0.6) is 0 Å². The summed E-state index contributed by atoms with van der Waals surface area (Å²) < 4.78 is 19.4. The van der Waals surface area contributed by atoms with E-state index >= 15 is 0 Å². The molecule has 1 aliphatic heterocycles. The SMILES string of the molecule is Cc1nc2nn(C)cc2cc1-c1nc(-c2cccc3nn(CC(O)c4ccc(C(=O)N5CCC(F)C5)cc4)cc23)c(C2CC2)n1C. The molecule has 1 N–H and O–H groups in total. The van der Waals surface area contributed by atoms with Crippen molar-refractivity contribution in [2.24, 2.45) is 14.1 Å². The van der Waals surface area contributed by atoms with Gasteiger partial charge in [-0.1, -0.05) is 24.3 Å². The molecule has 5 heterocycles. The van der Waals surface area contributed by atoms with E-state index < -0.39 is 12.3 Å². The van der Waals surface area contributed by atoms with E-state index in [1.165, 1.54) is 5.69 Å². The lowest BCUT2D eigenvalue weighted by Crippen LogP contribution is -2.28. The van der Waals surface area contributed by atoms with E-state index in [4.69, 9.17) is 15.1 Å². The number of aliphatic hydroxyl groups excluding tert-OH is 1. The molecule has 2 aromatic carbocycles. The van der Waals surface area contributed by atoms with Crippen molar-refractivity contribution in [3.63, 3.8) is 0 Å². The fraction of sp³-hybridized carbons (Fsp3) is 0.343. The van der Waals surface area contributed by atoms with Crippen LogP contribution in [0, 0.1) is 6.92 Å². The number of aromatic nitrogens is 7. The summed E-state index contributed by atoms with van der Waals surface area (Å²) in [5.74, 6) is 1.14. The molecule has 2 unspecified atom stereocenters. The topological polar surface area (TPSA) is 107 Å². The van der Waals surface area contributed by atoms with Crippen LogP contribution in [0.15, 0.2) is 60.9 Å². The van der Waals surface area contributed by atoms with Crippen molar-refractivity contribution in [1.82, 2.24) is 39.0 Å². The first-order chi connectivity index (χ1) is 22.2. The molecule has 1 saturated heterocycles. The van der Waals surface area contributed by atoms with Gasteiger partial charge >= 0.3 is 0 Å². The van der Waals surface area contributed by atoms with Crippen LogP contribution in [0.25, 0.3) is 44.6 Å². The minimum Gasteiger partial charge on any atom is -0.386 e. The van der Waals surface area contributed by atoms with Crippen LogP contribution in [-0.4, -0.2) is 69.3 Å². The molecule has 0 radical (unpaired) electrons. The van der Waals surface area contributed by atoms with Crippen LogP contribution < -0.4 is 0 Å². The maximum Gasteiger partial charge on any atom is 0.253 e. The predicted molar refractivity (Wildman–Crippen MR) is 173 cm³/mol. The number of alkyl halides is 1. The Morgan fingerprint density at radius 2 is 1.83 bits per heavy atom. The van der Waals surface area contributed by atoms with Gasteiger partial charge in [0.05, 0.1) is 36.1 Å². The van der Waals surface area contributed by atoms with E-state index in [2.05, 4.69) is 28.8 Å². The summed E-state index contributed by atoms with van der Waals surface area (Å²) in [5, 5.41) is 22.3. The number of amides is 1. The highest BCUT2D eigenvalue weighted by molar-refractivity contribution is 5.95. The zero-order valence-electron chi connectivity index (χ0n) is 26.1. The second-order valence-electron chi connectivity index (χ2n) is 12.7. The maximum atomic E-state index is 13.6. The third-order valence-electron chi connectivity index (χ3n) is 9.32. The van der Waals surface area contributed by atoms with Crippen molar-refractivity contribution >= 4 is 27.8 Å². The number of hydrogen-bond donors (Lipinski definition) is 1. The van der Waals surface area contributed by atoms with Crippen molar-refractivity contribution in [3.05, 3.63) is 83.4 Å². The Kier molecular flexibility index (Phi) is 6.75. The van der Waals surface area contributed by atoms with Gasteiger partial charge < -0.3 is 14.6 Å². The molecule has 2 atom stereocenters. The van der Waals surface area contributed by atoms with Crippen molar-refractivity contribution < 1.29 is 14.3 Å². The van der Waals surface area contributed by atoms with Gasteiger partial charge in [0.25, 0.3) is 5.91 Å². The van der Waals surface area contributed by atoms with E-state index in [1.807, 2.05) is 38.5 Å². The Balaban J connectivity index is 1.10. The minimum absolute atomic E-state index is 0.137. The number of fused-ring (bicyclic) bond motifs is 2. The molecule has 234 valence electrons. The van der Waals surface area contributed by atoms with E-state index in [0.717, 1.165) is 63.1 Å². The van der Waals surface area contributed by atoms with Gasteiger partial charge in [-0.05, 0) is 56.0 Å². The zero-order valence-corrected chi connectivity index (χ0v) is 26.1. The number of carbonyl (C=O) groups is 1. The van der Waals surface area contributed by atoms with Crippen molar-refractivity contribution in [2.75, 3.05) is 13.1 Å². The Hall–Kier alpha value is -4.90. The highest BCUT2D eigenvalue weighted by Gasteiger charge is 2.33. The molecular formula is C35H35FN8O2. The van der Waals surface area contributed by atoms with Crippen LogP contribution >= 0.6 is 0 Å². The largest absolute Gasteiger partial charge is 0.386 e. The molecule has 1 saturated carbocycles. The lowest BCUT2D eigenvalue weighted by atomic mass is 10.0. The van der Waals surface area contributed by atoms with Gasteiger partial charge in [0.15, 0.2) is 5.65 Å². The molecule has 0 spiro atoms. The number of aliphatic hydroxyl groups is 1. The summed E-state index contributed by atoms with van der Waals surface area (Å²) in [5.41, 5.74) is 7.77. The van der Waals surface area contributed by atoms with Gasteiger partial charge in [-0.2, -0.15) is 10.2 Å². The molecule has 10 nitrogen and oxygen atoms in total. The number of hydrogen-bond acceptors (Lipinski definition) is 6. The molecule has 0 bridgehead atoms. The summed E-state index contributed by atoms with van der Waals surface area (Å²) in [6, 6.07) is 15.1. The summed E-state index contributed by atoms with van der Waals surface area (Å²) in [6.07, 6.45) is 4.81. The summed E-state index contributed by atoms with van der Waals surface area (Å²) in [6.45, 7) is 2.82. The standard InChI is InChI=1S/C35H35FN8O2/c1-20-27(15-24-16-41(2)40-33(24)37-20)34-38-31(32(42(34)3)22-9-10-22)26-5-4-6-29-28(26)18-44(39-29)19-30(45)21-7-11-23(12-8-21)35(46)43-14-13-25(36)17-43/h4-8,11-12,15-16,18,22,25,30,45H,9-10,13-14,17,19H2,1-3H3. The van der Waals surface area contributed by atoms with Gasteiger partial charge in [0, 0.05) is 72.1 Å². The summed E-state index contributed by atoms with van der Waals surface area (Å²) in [4.78, 5) is 24.3. The highest BCUT2D eigenvalue weighted by atomic mass is 19.1. The first-order valence-corrected chi connectivity index (χ1v) is 15.8. The van der Waals surface area contributed by atoms with Crippen LogP contribution in [0.2, 0.25) is 0 Å². The number of nitrogens with zero attached hydrogens (tertiary/aromatic N) is 8. The second kappa shape index (κ2) is 10.9. The molecule has 2 aliphatic rings. The fourth-order valence-electron chi connectivity index (χ4n) is 6.77. The Bertz CT molecular complexity index is 2120. The highest BCUT2D eigenvalue weighted by Crippen LogP contribution is 2.47. The quantitative estimate of drug-likeness (QED) is 0.254. The van der Waals surface area contributed by atoms with Crippen LogP contribution in [0.3, 0.4) is 0 Å². The van der Waals surface area contributed by atoms with E-state index in [0.29, 0.717) is 30.0 Å². The minimum atomic E-state index is -0.959. The van der Waals surface area contributed by atoms with E-state index in [9.17, 15) is 14.3 Å². The normalized spacial score (nSPS) is 17.4. The number of benzene rings is 2. The number of pyridine rings is 1. The molecule has 2 fully saturated rings. The van der Waals surface area contributed by atoms with Gasteiger partial charge in [-0.25, -0.2) is 14.4 Å². The molecule has 1 amide bonds. The average molecular weight is 619 g/mol. The number of imidazole rings is 1. The third kappa shape index (κ3) is 4.95. The lowest BCUT2D eigenvalue weighted by Gasteiger charge is -2.16. The number of likely N-dealkylation sites (tertiary alicyclic amines) is 1. The molecule has 1 aliphatic carbocycles. The number of carbonyl (C=O) groups excluding carboxylic acids is 1. The van der Waals surface area contributed by atoms with E-state index in [1.54, 1.807) is 38.5 Å². The monoisotopic (exact) mass is 618 g/mol. The first-order valence-electron chi connectivity index (χ1n) is 15.8. The Morgan fingerprint density at radius 3 is 2.57 bits per heavy atom. The van der Waals surface area contributed by atoms with Crippen molar-refractivity contribution in [3.8, 4) is 22.6 Å². The summed E-state index contributed by atoms with van der Waals surface area (Å²) in [7, 11) is 3.99. The number of halogens is 1. The fourth-order valence-corrected chi connectivity index (χ4v) is 6.77. The molecule has 4 aromatic heterocycles. The van der Waals surface area contributed by atoms with Gasteiger partial charge in [0.1, 0.15) is 12.0 Å². The smallest absolute Gasteiger partial charge is 0.253 e. The molecule has 8 rings (SSSR count). The zero-order chi connectivity index (χ0) is 31.7. The van der Waals surface area contributed by atoms with Crippen LogP contribution in [-0.2, 0) is 20.6 Å². The van der Waals surface area contributed by atoms with Gasteiger partial charge in [-0.15, -0.1) is 0 Å². The maximum absolute atomic E-state index is 13.6. The van der Waals surface area contributed by atoms with Gasteiger partial charge in [-0.3, -0.25) is 14.2 Å². The Labute approximate surface area is 265 Å². The molecular weight excluding hydrogens is 583 g/mol. The molecule has 46 heavy (non-hydrogen) atoms. The number of aryl methyl sites for hydroxylation is 2. The average Bonchev–Trinajstić information content (AvgIpc) is 3.31. The Morgan fingerprint density at radius 1 is 1.02 bits per heavy atom. The van der Waals surface area contributed by atoms with Crippen LogP contribution in [0.4, 0.5) is 4.39 Å². The van der Waals surface area contributed by atoms with Gasteiger partial charge in [0.2, 0.25) is 0 Å². The predicted octanol–water partition coefficient (Wildman–Crippen LogP) is 5.49. The molecule has 11 heteroatoms. The number of rotatable bonds is 7. The lowest BCUT2D eigenvalue weighted by molar-refractivity contribution is 0.0782.